The first-order valence-electron chi connectivity index (χ1n) is 6.33. The first-order valence-corrected chi connectivity index (χ1v) is 6.33. The molecule has 0 aliphatic heterocycles. The van der Waals surface area contributed by atoms with Crippen molar-refractivity contribution in [2.45, 2.75) is 51.7 Å². The number of hydrogen-bond acceptors (Lipinski definition) is 5. The van der Waals surface area contributed by atoms with Crippen LogP contribution in [0.3, 0.4) is 0 Å². The second-order valence-corrected chi connectivity index (χ2v) is 5.67. The van der Waals surface area contributed by atoms with E-state index in [1.54, 1.807) is 20.8 Å². The van der Waals surface area contributed by atoms with Crippen LogP contribution in [0.1, 0.15) is 40.0 Å². The van der Waals surface area contributed by atoms with Crippen molar-refractivity contribution in [2.75, 3.05) is 7.11 Å². The molecule has 0 heterocycles. The van der Waals surface area contributed by atoms with Gasteiger partial charge >= 0.3 is 12.1 Å². The first-order chi connectivity index (χ1) is 8.73. The molecule has 0 saturated heterocycles. The highest BCUT2D eigenvalue weighted by molar-refractivity contribution is 5.91. The van der Waals surface area contributed by atoms with Crippen molar-refractivity contribution >= 4 is 17.8 Å². The highest BCUT2D eigenvalue weighted by Gasteiger charge is 2.34. The Bertz CT molecular complexity index is 372. The highest BCUT2D eigenvalue weighted by atomic mass is 16.6. The summed E-state index contributed by atoms with van der Waals surface area (Å²) in [5.41, 5.74) is -0.601. The number of rotatable bonds is 2. The maximum absolute atomic E-state index is 11.8. The summed E-state index contributed by atoms with van der Waals surface area (Å²) in [7, 11) is 1.30. The molecule has 0 aromatic carbocycles. The van der Waals surface area contributed by atoms with Gasteiger partial charge in [-0.25, -0.2) is 4.79 Å². The average molecular weight is 271 g/mol. The number of alkyl carbamates (subject to hydrolysis) is 1. The Morgan fingerprint density at radius 2 is 1.89 bits per heavy atom. The zero-order valence-corrected chi connectivity index (χ0v) is 11.8. The lowest BCUT2D eigenvalue weighted by Gasteiger charge is -2.27. The number of methoxy groups -OCH3 is 1. The molecular formula is C13H21NO5. The summed E-state index contributed by atoms with van der Waals surface area (Å²) in [6, 6.07) is -0.573. The molecule has 0 unspecified atom stereocenters. The zero-order chi connectivity index (χ0) is 14.6. The third-order valence-electron chi connectivity index (χ3n) is 2.87. The van der Waals surface area contributed by atoms with Crippen molar-refractivity contribution in [1.29, 1.82) is 0 Å². The van der Waals surface area contributed by atoms with E-state index in [0.29, 0.717) is 12.8 Å². The molecular weight excluding hydrogens is 250 g/mol. The number of carbonyl (C=O) groups is 3. The maximum atomic E-state index is 11.8. The molecule has 0 aromatic rings. The van der Waals surface area contributed by atoms with Gasteiger partial charge < -0.3 is 14.8 Å². The van der Waals surface area contributed by atoms with Crippen molar-refractivity contribution in [3.63, 3.8) is 0 Å². The fourth-order valence-electron chi connectivity index (χ4n) is 1.99. The Morgan fingerprint density at radius 3 is 2.37 bits per heavy atom. The van der Waals surface area contributed by atoms with Crippen LogP contribution < -0.4 is 5.32 Å². The molecule has 108 valence electrons. The SMILES string of the molecule is COC(=O)[C@@H]1CC[C@H](NC(=O)OC(C)(C)C)C(=O)C1. The molecule has 0 bridgehead atoms. The second-order valence-electron chi connectivity index (χ2n) is 5.67. The van der Waals surface area contributed by atoms with Crippen LogP contribution in [0.2, 0.25) is 0 Å². The van der Waals surface area contributed by atoms with Crippen LogP contribution in [-0.4, -0.2) is 36.6 Å². The van der Waals surface area contributed by atoms with E-state index in [1.165, 1.54) is 7.11 Å². The second kappa shape index (κ2) is 6.04. The van der Waals surface area contributed by atoms with E-state index in [9.17, 15) is 14.4 Å². The number of Topliss-reactive ketones (excluding diaryl/α,β-unsaturated/α-hetero) is 1. The molecule has 1 amide bonds. The third kappa shape index (κ3) is 4.89. The van der Waals surface area contributed by atoms with Gasteiger partial charge in [0.25, 0.3) is 0 Å². The van der Waals surface area contributed by atoms with Gasteiger partial charge in [0.05, 0.1) is 19.1 Å². The van der Waals surface area contributed by atoms with Gasteiger partial charge in [0.15, 0.2) is 5.78 Å². The van der Waals surface area contributed by atoms with E-state index in [-0.39, 0.29) is 18.2 Å². The lowest BCUT2D eigenvalue weighted by Crippen LogP contribution is -2.46. The van der Waals surface area contributed by atoms with Crippen LogP contribution in [0.4, 0.5) is 4.79 Å². The van der Waals surface area contributed by atoms with Gasteiger partial charge in [0.2, 0.25) is 0 Å². The molecule has 19 heavy (non-hydrogen) atoms. The largest absolute Gasteiger partial charge is 0.469 e. The van der Waals surface area contributed by atoms with E-state index in [4.69, 9.17) is 4.74 Å². The number of ether oxygens (including phenoxy) is 2. The molecule has 1 aliphatic rings. The molecule has 1 fully saturated rings. The Kier molecular flexibility index (Phi) is 4.91. The van der Waals surface area contributed by atoms with Gasteiger partial charge in [-0.15, -0.1) is 0 Å². The summed E-state index contributed by atoms with van der Waals surface area (Å²) >= 11 is 0. The standard InChI is InChI=1S/C13H21NO5/c1-13(2,3)19-12(17)14-9-6-5-8(7-10(9)15)11(16)18-4/h8-9H,5-7H2,1-4H3,(H,14,17)/t8-,9+/m1/s1. The number of carbonyl (C=O) groups excluding carboxylic acids is 3. The van der Waals surface area contributed by atoms with Gasteiger partial charge in [-0.3, -0.25) is 9.59 Å². The molecule has 0 spiro atoms. The maximum Gasteiger partial charge on any atom is 0.408 e. The molecule has 6 heteroatoms. The number of amides is 1. The molecule has 6 nitrogen and oxygen atoms in total. The van der Waals surface area contributed by atoms with Crippen LogP contribution in [0.25, 0.3) is 0 Å². The van der Waals surface area contributed by atoms with Gasteiger partial charge in [0.1, 0.15) is 5.60 Å². The summed E-state index contributed by atoms with van der Waals surface area (Å²) < 4.78 is 9.71. The molecule has 0 aromatic heterocycles. The summed E-state index contributed by atoms with van der Waals surface area (Å²) in [5.74, 6) is -0.925. The van der Waals surface area contributed by atoms with Gasteiger partial charge in [-0.2, -0.15) is 0 Å². The predicted octanol–water partition coefficient (Wildman–Crippen LogP) is 1.42. The van der Waals surface area contributed by atoms with E-state index in [2.05, 4.69) is 10.1 Å². The zero-order valence-electron chi connectivity index (χ0n) is 11.8. The third-order valence-corrected chi connectivity index (χ3v) is 2.87. The summed E-state index contributed by atoms with van der Waals surface area (Å²) in [5, 5.41) is 2.54. The number of esters is 1. The minimum atomic E-state index is -0.609. The van der Waals surface area contributed by atoms with E-state index < -0.39 is 23.7 Å². The van der Waals surface area contributed by atoms with E-state index in [1.807, 2.05) is 0 Å². The topological polar surface area (TPSA) is 81.7 Å². The van der Waals surface area contributed by atoms with Crippen LogP contribution in [0, 0.1) is 5.92 Å². The van der Waals surface area contributed by atoms with Gasteiger partial charge in [-0.05, 0) is 33.6 Å². The lowest BCUT2D eigenvalue weighted by atomic mass is 9.85. The van der Waals surface area contributed by atoms with Gasteiger partial charge in [-0.1, -0.05) is 0 Å². The van der Waals surface area contributed by atoms with Crippen molar-refractivity contribution in [3.05, 3.63) is 0 Å². The smallest absolute Gasteiger partial charge is 0.408 e. The number of ketones is 1. The van der Waals surface area contributed by atoms with Crippen LogP contribution in [-0.2, 0) is 19.1 Å². The summed E-state index contributed by atoms with van der Waals surface area (Å²) in [6.07, 6.45) is 0.450. The highest BCUT2D eigenvalue weighted by Crippen LogP contribution is 2.23. The van der Waals surface area contributed by atoms with Crippen LogP contribution in [0.15, 0.2) is 0 Å². The van der Waals surface area contributed by atoms with Crippen molar-refractivity contribution in [1.82, 2.24) is 5.32 Å². The summed E-state index contributed by atoms with van der Waals surface area (Å²) in [4.78, 5) is 34.8. The monoisotopic (exact) mass is 271 g/mol. The molecule has 2 atom stereocenters. The fraction of sp³-hybridized carbons (Fsp3) is 0.769. The van der Waals surface area contributed by atoms with Crippen molar-refractivity contribution in [3.8, 4) is 0 Å². The Labute approximate surface area is 112 Å². The Morgan fingerprint density at radius 1 is 1.26 bits per heavy atom. The molecule has 1 aliphatic carbocycles. The molecule has 1 rings (SSSR count). The summed E-state index contributed by atoms with van der Waals surface area (Å²) in [6.45, 7) is 5.26. The van der Waals surface area contributed by atoms with Gasteiger partial charge in [0, 0.05) is 6.42 Å². The molecule has 1 saturated carbocycles. The molecule has 0 radical (unpaired) electrons. The number of nitrogens with one attached hydrogen (secondary N) is 1. The fourth-order valence-corrected chi connectivity index (χ4v) is 1.99. The quantitative estimate of drug-likeness (QED) is 0.768. The average Bonchev–Trinajstić information content (AvgIpc) is 2.28. The van der Waals surface area contributed by atoms with Crippen molar-refractivity contribution < 1.29 is 23.9 Å². The minimum absolute atomic E-state index is 0.104. The lowest BCUT2D eigenvalue weighted by molar-refractivity contribution is -0.149. The van der Waals surface area contributed by atoms with Crippen LogP contribution in [0.5, 0.6) is 0 Å². The first kappa shape index (κ1) is 15.5. The Hall–Kier alpha value is -1.59. The van der Waals surface area contributed by atoms with E-state index >= 15 is 0 Å². The predicted molar refractivity (Wildman–Crippen MR) is 67.5 cm³/mol. The van der Waals surface area contributed by atoms with Crippen molar-refractivity contribution in [2.24, 2.45) is 5.92 Å². The molecule has 1 N–H and O–H groups in total. The van der Waals surface area contributed by atoms with E-state index in [0.717, 1.165) is 0 Å². The Balaban J connectivity index is 2.48. The minimum Gasteiger partial charge on any atom is -0.469 e. The number of hydrogen-bond donors (Lipinski definition) is 1. The van der Waals surface area contributed by atoms with Crippen LogP contribution >= 0.6 is 0 Å². The normalized spacial score (nSPS) is 23.7.